The molecule has 7 heteroatoms. The number of ether oxygens (including phenoxy) is 1. The van der Waals surface area contributed by atoms with Gasteiger partial charge in [-0.15, -0.1) is 0 Å². The van der Waals surface area contributed by atoms with Gasteiger partial charge in [-0.25, -0.2) is 0 Å². The van der Waals surface area contributed by atoms with Crippen molar-refractivity contribution in [3.05, 3.63) is 47.5 Å². The second-order valence-electron chi connectivity index (χ2n) is 11.7. The van der Waals surface area contributed by atoms with Gasteiger partial charge in [-0.2, -0.15) is 0 Å². The van der Waals surface area contributed by atoms with Crippen molar-refractivity contribution < 1.29 is 23.4 Å². The highest BCUT2D eigenvalue weighted by atomic mass is 16.7. The van der Waals surface area contributed by atoms with Crippen LogP contribution in [0.2, 0.25) is 0 Å². The first-order chi connectivity index (χ1) is 15.2. The summed E-state index contributed by atoms with van der Waals surface area (Å²) in [4.78, 5) is 0. The molecule has 3 aliphatic heterocycles. The average molecular weight is 448 g/mol. The van der Waals surface area contributed by atoms with Gasteiger partial charge in [0.1, 0.15) is 11.5 Å². The zero-order valence-corrected chi connectivity index (χ0v) is 21.2. The highest BCUT2D eigenvalue weighted by molar-refractivity contribution is 6.62. The maximum Gasteiger partial charge on any atom is 0.494 e. The molecule has 5 rings (SSSR count). The van der Waals surface area contributed by atoms with Crippen molar-refractivity contribution in [2.75, 3.05) is 0 Å². The second kappa shape index (κ2) is 7.11. The summed E-state index contributed by atoms with van der Waals surface area (Å²) in [6, 6.07) is 12.5. The van der Waals surface area contributed by atoms with E-state index in [1.807, 2.05) is 12.1 Å². The Labute approximate surface area is 198 Å². The van der Waals surface area contributed by atoms with Gasteiger partial charge in [-0.1, -0.05) is 38.1 Å². The van der Waals surface area contributed by atoms with Crippen LogP contribution in [-0.4, -0.2) is 37.1 Å². The summed E-state index contributed by atoms with van der Waals surface area (Å²) in [7, 11) is -0.791. The molecule has 2 aromatic rings. The maximum atomic E-state index is 6.40. The van der Waals surface area contributed by atoms with Crippen LogP contribution < -0.4 is 15.7 Å². The van der Waals surface area contributed by atoms with Crippen molar-refractivity contribution in [3.63, 3.8) is 0 Å². The van der Waals surface area contributed by atoms with Crippen molar-refractivity contribution in [3.8, 4) is 11.5 Å². The van der Waals surface area contributed by atoms with E-state index in [1.165, 1.54) is 0 Å². The fourth-order valence-corrected chi connectivity index (χ4v) is 4.70. The van der Waals surface area contributed by atoms with Gasteiger partial charge in [0, 0.05) is 16.5 Å². The monoisotopic (exact) mass is 448 g/mol. The Kier molecular flexibility index (Phi) is 4.95. The van der Waals surface area contributed by atoms with E-state index in [1.54, 1.807) is 0 Å². The minimum absolute atomic E-state index is 0.0249. The summed E-state index contributed by atoms with van der Waals surface area (Å²) >= 11 is 0. The summed E-state index contributed by atoms with van der Waals surface area (Å²) in [5.74, 6) is 1.70. The van der Waals surface area contributed by atoms with Gasteiger partial charge in [0.15, 0.2) is 0 Å². The van der Waals surface area contributed by atoms with E-state index >= 15 is 0 Å². The molecule has 5 nitrogen and oxygen atoms in total. The molecule has 174 valence electrons. The zero-order valence-electron chi connectivity index (χ0n) is 21.2. The van der Waals surface area contributed by atoms with Crippen LogP contribution >= 0.6 is 0 Å². The third-order valence-electron chi connectivity index (χ3n) is 8.09. The lowest BCUT2D eigenvalue weighted by Crippen LogP contribution is -2.41. The fourth-order valence-electron chi connectivity index (χ4n) is 4.70. The van der Waals surface area contributed by atoms with Gasteiger partial charge in [-0.05, 0) is 71.5 Å². The van der Waals surface area contributed by atoms with Gasteiger partial charge in [0.25, 0.3) is 0 Å². The van der Waals surface area contributed by atoms with Crippen molar-refractivity contribution in [2.24, 2.45) is 0 Å². The molecule has 3 heterocycles. The molecule has 2 fully saturated rings. The van der Waals surface area contributed by atoms with Crippen LogP contribution in [0.25, 0.3) is 0 Å². The van der Waals surface area contributed by atoms with Gasteiger partial charge in [-0.3, -0.25) is 0 Å². The van der Waals surface area contributed by atoms with Gasteiger partial charge in [0.2, 0.25) is 0 Å². The molecule has 0 radical (unpaired) electrons. The van der Waals surface area contributed by atoms with Gasteiger partial charge >= 0.3 is 14.2 Å². The van der Waals surface area contributed by atoms with Crippen molar-refractivity contribution in [1.82, 2.24) is 0 Å². The Hall–Kier alpha value is -1.79. The van der Waals surface area contributed by atoms with Crippen LogP contribution in [0, 0.1) is 0 Å². The Bertz CT molecular complexity index is 1090. The molecular formula is C26H34B2O5. The SMILES string of the molecule is CC1OB(c2ccc3c(c2)C(C)(C)c2ccc(B4OC(C)(C)C(C)(C)O4)cc2O3)OC1(C)C. The molecule has 0 aliphatic carbocycles. The van der Waals surface area contributed by atoms with E-state index in [-0.39, 0.29) is 35.4 Å². The van der Waals surface area contributed by atoms with E-state index in [0.29, 0.717) is 0 Å². The third-order valence-corrected chi connectivity index (χ3v) is 8.09. The Morgan fingerprint density at radius 2 is 1.27 bits per heavy atom. The summed E-state index contributed by atoms with van der Waals surface area (Å²) in [6.07, 6.45) is 0.0249. The molecule has 2 aromatic carbocycles. The van der Waals surface area contributed by atoms with Crippen LogP contribution in [-0.2, 0) is 24.0 Å². The molecule has 2 saturated heterocycles. The minimum Gasteiger partial charge on any atom is -0.457 e. The Balaban J connectivity index is 1.46. The fraction of sp³-hybridized carbons (Fsp3) is 0.538. The Morgan fingerprint density at radius 3 is 1.88 bits per heavy atom. The van der Waals surface area contributed by atoms with Crippen LogP contribution in [0.5, 0.6) is 11.5 Å². The molecule has 1 unspecified atom stereocenters. The largest absolute Gasteiger partial charge is 0.494 e. The molecule has 0 spiro atoms. The Morgan fingerprint density at radius 1 is 0.667 bits per heavy atom. The minimum atomic E-state index is -0.419. The number of rotatable bonds is 2. The van der Waals surface area contributed by atoms with E-state index in [0.717, 1.165) is 33.6 Å². The quantitative estimate of drug-likeness (QED) is 0.641. The van der Waals surface area contributed by atoms with Crippen LogP contribution in [0.1, 0.15) is 73.4 Å². The predicted octanol–water partition coefficient (Wildman–Crippen LogP) is 4.33. The molecule has 0 amide bonds. The molecule has 0 bridgehead atoms. The van der Waals surface area contributed by atoms with Gasteiger partial charge < -0.3 is 23.4 Å². The van der Waals surface area contributed by atoms with Crippen LogP contribution in [0.4, 0.5) is 0 Å². The highest BCUT2D eigenvalue weighted by Crippen LogP contribution is 2.47. The first-order valence-corrected chi connectivity index (χ1v) is 11.9. The van der Waals surface area contributed by atoms with E-state index in [2.05, 4.69) is 86.6 Å². The van der Waals surface area contributed by atoms with Crippen LogP contribution in [0.15, 0.2) is 36.4 Å². The molecule has 0 aromatic heterocycles. The smallest absolute Gasteiger partial charge is 0.457 e. The van der Waals surface area contributed by atoms with E-state index in [4.69, 9.17) is 23.4 Å². The average Bonchev–Trinajstić information content (AvgIpc) is 3.11. The van der Waals surface area contributed by atoms with E-state index in [9.17, 15) is 0 Å². The van der Waals surface area contributed by atoms with Gasteiger partial charge in [0.05, 0.1) is 22.9 Å². The highest BCUT2D eigenvalue weighted by Gasteiger charge is 2.52. The first kappa shape index (κ1) is 23.0. The van der Waals surface area contributed by atoms with Crippen molar-refractivity contribution in [2.45, 2.75) is 90.6 Å². The molecule has 0 N–H and O–H groups in total. The summed E-state index contributed by atoms with van der Waals surface area (Å²) < 4.78 is 31.2. The maximum absolute atomic E-state index is 6.40. The van der Waals surface area contributed by atoms with Crippen molar-refractivity contribution >= 4 is 25.2 Å². The molecular weight excluding hydrogens is 414 g/mol. The van der Waals surface area contributed by atoms with E-state index < -0.39 is 7.12 Å². The number of fused-ring (bicyclic) bond motifs is 2. The molecule has 1 atom stereocenters. The predicted molar refractivity (Wildman–Crippen MR) is 132 cm³/mol. The normalized spacial score (nSPS) is 26.0. The van der Waals surface area contributed by atoms with Crippen LogP contribution in [0.3, 0.4) is 0 Å². The molecule has 0 saturated carbocycles. The topological polar surface area (TPSA) is 46.2 Å². The third kappa shape index (κ3) is 3.56. The van der Waals surface area contributed by atoms with Crippen molar-refractivity contribution in [1.29, 1.82) is 0 Å². The number of hydrogen-bond donors (Lipinski definition) is 0. The standard InChI is InChI=1S/C26H34B2O5/c1-16-24(4,5)31-27(30-16)17-11-13-21-20(14-17)23(2,3)19-12-10-18(15-22(19)29-21)28-32-25(6,7)26(8,9)33-28/h10-16H,1-9H3. The molecule has 33 heavy (non-hydrogen) atoms. The first-order valence-electron chi connectivity index (χ1n) is 11.9. The molecule has 3 aliphatic rings. The lowest BCUT2D eigenvalue weighted by atomic mass is 9.70. The zero-order chi connectivity index (χ0) is 24.0. The second-order valence-corrected chi connectivity index (χ2v) is 11.7. The summed E-state index contributed by atoms with van der Waals surface area (Å²) in [5, 5.41) is 0. The lowest BCUT2D eigenvalue weighted by Gasteiger charge is -2.35. The summed E-state index contributed by atoms with van der Waals surface area (Å²) in [6.45, 7) is 18.9. The number of benzene rings is 2. The summed E-state index contributed by atoms with van der Waals surface area (Å²) in [5.41, 5.74) is 2.92. The lowest BCUT2D eigenvalue weighted by molar-refractivity contribution is 0.00578. The number of hydrogen-bond acceptors (Lipinski definition) is 5.